The number of rotatable bonds is 7. The fourth-order valence-corrected chi connectivity index (χ4v) is 4.93. The summed E-state index contributed by atoms with van der Waals surface area (Å²) in [5, 5.41) is 3.15. The Balaban J connectivity index is 1.55. The number of hydrogen-bond donors (Lipinski definition) is 2. The molecule has 0 aliphatic rings. The third kappa shape index (κ3) is 5.06. The van der Waals surface area contributed by atoms with E-state index in [4.69, 9.17) is 4.98 Å². The zero-order valence-electron chi connectivity index (χ0n) is 20.4. The van der Waals surface area contributed by atoms with Crippen molar-refractivity contribution >= 4 is 34.4 Å². The molecular formula is C29H25FN4O2S. The number of carbonyl (C=O) groups excluding carboxylic acids is 1. The smallest absolute Gasteiger partial charge is 0.283 e. The summed E-state index contributed by atoms with van der Waals surface area (Å²) in [5.74, 6) is -0.754. The van der Waals surface area contributed by atoms with Gasteiger partial charge in [-0.25, -0.2) is 9.37 Å². The van der Waals surface area contributed by atoms with Crippen LogP contribution < -0.4 is 10.9 Å². The van der Waals surface area contributed by atoms with Crippen molar-refractivity contribution in [1.82, 2.24) is 14.5 Å². The molecule has 2 aromatic heterocycles. The molecule has 2 heterocycles. The highest BCUT2D eigenvalue weighted by molar-refractivity contribution is 7.99. The minimum atomic E-state index is -0.425. The maximum Gasteiger partial charge on any atom is 0.283 e. The van der Waals surface area contributed by atoms with Gasteiger partial charge in [-0.3, -0.25) is 14.2 Å². The van der Waals surface area contributed by atoms with Crippen molar-refractivity contribution in [2.45, 2.75) is 25.4 Å². The fraction of sp³-hybridized carbons (Fsp3) is 0.138. The number of anilines is 1. The number of aromatic amines is 1. The first-order chi connectivity index (χ1) is 17.9. The maximum atomic E-state index is 13.7. The van der Waals surface area contributed by atoms with Crippen LogP contribution >= 0.6 is 11.8 Å². The van der Waals surface area contributed by atoms with Gasteiger partial charge < -0.3 is 10.3 Å². The summed E-state index contributed by atoms with van der Waals surface area (Å²) in [6.45, 7) is 3.87. The molecule has 186 valence electrons. The number of nitrogens with zero attached hydrogens (tertiary/aromatic N) is 2. The van der Waals surface area contributed by atoms with Crippen LogP contribution in [0, 0.1) is 12.7 Å². The highest BCUT2D eigenvalue weighted by Crippen LogP contribution is 2.29. The van der Waals surface area contributed by atoms with E-state index in [1.54, 1.807) is 19.2 Å². The molecule has 0 saturated carbocycles. The molecule has 1 amide bonds. The predicted octanol–water partition coefficient (Wildman–Crippen LogP) is 6.12. The molecule has 0 saturated heterocycles. The number of carbonyl (C=O) groups is 1. The summed E-state index contributed by atoms with van der Waals surface area (Å²) < 4.78 is 15.2. The number of thioether (sulfide) groups is 1. The number of halogens is 1. The lowest BCUT2D eigenvalue weighted by Gasteiger charge is -2.13. The van der Waals surface area contributed by atoms with E-state index in [9.17, 15) is 14.0 Å². The average Bonchev–Trinajstić information content (AvgIpc) is 3.34. The van der Waals surface area contributed by atoms with Gasteiger partial charge in [-0.2, -0.15) is 0 Å². The number of H-pyrrole nitrogens is 1. The number of amides is 1. The topological polar surface area (TPSA) is 79.8 Å². The molecule has 0 aliphatic heterocycles. The Morgan fingerprint density at radius 3 is 2.57 bits per heavy atom. The molecular weight excluding hydrogens is 487 g/mol. The number of benzene rings is 3. The minimum absolute atomic E-state index is 0.00790. The Morgan fingerprint density at radius 1 is 1.08 bits per heavy atom. The Kier molecular flexibility index (Phi) is 6.92. The lowest BCUT2D eigenvalue weighted by atomic mass is 10.1. The number of hydrogen-bond acceptors (Lipinski definition) is 4. The SMILES string of the molecule is CCc1ccc(-n2c(SCC(=O)Nc3cc(F)ccc3C)nc3c(-c4ccccc4)c[nH]c3c2=O)cc1. The minimum Gasteiger partial charge on any atom is -0.355 e. The highest BCUT2D eigenvalue weighted by atomic mass is 32.2. The normalized spacial score (nSPS) is 11.1. The van der Waals surface area contributed by atoms with E-state index in [2.05, 4.69) is 17.2 Å². The van der Waals surface area contributed by atoms with Gasteiger partial charge in [0, 0.05) is 17.4 Å². The summed E-state index contributed by atoms with van der Waals surface area (Å²) in [6, 6.07) is 21.7. The number of nitrogens with one attached hydrogen (secondary N) is 2. The van der Waals surface area contributed by atoms with Gasteiger partial charge in [-0.1, -0.05) is 67.2 Å². The van der Waals surface area contributed by atoms with Crippen LogP contribution in [-0.4, -0.2) is 26.2 Å². The standard InChI is InChI=1S/C29H25FN4O2S/c1-3-19-10-13-22(14-11-19)34-28(36)27-26(23(16-31-27)20-7-5-4-6-8-20)33-29(34)37-17-25(35)32-24-15-21(30)12-9-18(24)2/h4-16,31H,3,17H2,1-2H3,(H,32,35). The highest BCUT2D eigenvalue weighted by Gasteiger charge is 2.19. The van der Waals surface area contributed by atoms with Crippen LogP contribution in [0.2, 0.25) is 0 Å². The summed E-state index contributed by atoms with van der Waals surface area (Å²) in [6.07, 6.45) is 2.66. The monoisotopic (exact) mass is 512 g/mol. The number of aryl methyl sites for hydroxylation is 2. The second-order valence-corrected chi connectivity index (χ2v) is 9.59. The van der Waals surface area contributed by atoms with Gasteiger partial charge >= 0.3 is 0 Å². The molecule has 0 fully saturated rings. The van der Waals surface area contributed by atoms with Crippen LogP contribution in [0.25, 0.3) is 27.8 Å². The zero-order valence-corrected chi connectivity index (χ0v) is 21.2. The zero-order chi connectivity index (χ0) is 25.9. The molecule has 3 aromatic carbocycles. The van der Waals surface area contributed by atoms with Crippen molar-refractivity contribution < 1.29 is 9.18 Å². The molecule has 0 spiro atoms. The number of aromatic nitrogens is 3. The van der Waals surface area contributed by atoms with E-state index in [0.29, 0.717) is 27.6 Å². The summed E-state index contributed by atoms with van der Waals surface area (Å²) in [5.41, 5.74) is 5.41. The van der Waals surface area contributed by atoms with E-state index in [1.807, 2.05) is 54.6 Å². The van der Waals surface area contributed by atoms with Gasteiger partial charge in [-0.05, 0) is 54.3 Å². The molecule has 5 rings (SSSR count). The third-order valence-electron chi connectivity index (χ3n) is 6.16. The van der Waals surface area contributed by atoms with E-state index < -0.39 is 5.82 Å². The lowest BCUT2D eigenvalue weighted by molar-refractivity contribution is -0.113. The van der Waals surface area contributed by atoms with Crippen LogP contribution in [0.5, 0.6) is 0 Å². The summed E-state index contributed by atoms with van der Waals surface area (Å²) in [4.78, 5) is 34.5. The molecule has 37 heavy (non-hydrogen) atoms. The van der Waals surface area contributed by atoms with Crippen LogP contribution in [0.3, 0.4) is 0 Å². The van der Waals surface area contributed by atoms with Gasteiger partial charge in [0.25, 0.3) is 5.56 Å². The second kappa shape index (κ2) is 10.4. The molecule has 0 atom stereocenters. The second-order valence-electron chi connectivity index (χ2n) is 8.64. The first-order valence-electron chi connectivity index (χ1n) is 11.9. The molecule has 2 N–H and O–H groups in total. The first kappa shape index (κ1) is 24.5. The van der Waals surface area contributed by atoms with Crippen molar-refractivity contribution in [3.05, 3.63) is 106 Å². The van der Waals surface area contributed by atoms with Gasteiger partial charge in [-0.15, -0.1) is 0 Å². The number of fused-ring (bicyclic) bond motifs is 1. The summed E-state index contributed by atoms with van der Waals surface area (Å²) >= 11 is 1.16. The van der Waals surface area contributed by atoms with Gasteiger partial charge in [0.1, 0.15) is 16.9 Å². The van der Waals surface area contributed by atoms with Crippen LogP contribution in [0.4, 0.5) is 10.1 Å². The Bertz CT molecular complexity index is 1640. The Labute approximate surface area is 217 Å². The molecule has 5 aromatic rings. The average molecular weight is 513 g/mol. The van der Waals surface area contributed by atoms with Crippen molar-refractivity contribution in [2.75, 3.05) is 11.1 Å². The fourth-order valence-electron chi connectivity index (χ4n) is 4.13. The first-order valence-corrected chi connectivity index (χ1v) is 12.9. The van der Waals surface area contributed by atoms with E-state index in [-0.39, 0.29) is 17.2 Å². The van der Waals surface area contributed by atoms with Crippen LogP contribution in [-0.2, 0) is 11.2 Å². The van der Waals surface area contributed by atoms with Crippen LogP contribution in [0.15, 0.2) is 88.9 Å². The van der Waals surface area contributed by atoms with Gasteiger partial charge in [0.05, 0.1) is 11.4 Å². The molecule has 6 nitrogen and oxygen atoms in total. The Morgan fingerprint density at radius 2 is 1.84 bits per heavy atom. The largest absolute Gasteiger partial charge is 0.355 e. The quantitative estimate of drug-likeness (QED) is 0.203. The van der Waals surface area contributed by atoms with E-state index in [1.165, 1.54) is 16.7 Å². The lowest BCUT2D eigenvalue weighted by Crippen LogP contribution is -2.23. The van der Waals surface area contributed by atoms with Crippen molar-refractivity contribution in [2.24, 2.45) is 0 Å². The van der Waals surface area contributed by atoms with Crippen molar-refractivity contribution in [3.63, 3.8) is 0 Å². The van der Waals surface area contributed by atoms with Gasteiger partial charge in [0.2, 0.25) is 5.91 Å². The molecule has 0 unspecified atom stereocenters. The maximum absolute atomic E-state index is 13.7. The van der Waals surface area contributed by atoms with Crippen molar-refractivity contribution in [1.29, 1.82) is 0 Å². The summed E-state index contributed by atoms with van der Waals surface area (Å²) in [7, 11) is 0. The molecule has 0 bridgehead atoms. The van der Waals surface area contributed by atoms with Crippen LogP contribution in [0.1, 0.15) is 18.1 Å². The predicted molar refractivity (Wildman–Crippen MR) is 147 cm³/mol. The molecule has 0 radical (unpaired) electrons. The third-order valence-corrected chi connectivity index (χ3v) is 7.10. The van der Waals surface area contributed by atoms with Gasteiger partial charge in [0.15, 0.2) is 5.16 Å². The van der Waals surface area contributed by atoms with Crippen molar-refractivity contribution in [3.8, 4) is 16.8 Å². The Hall–Kier alpha value is -4.17. The molecule has 0 aliphatic carbocycles. The van der Waals surface area contributed by atoms with E-state index >= 15 is 0 Å². The molecule has 8 heteroatoms. The van der Waals surface area contributed by atoms with E-state index in [0.717, 1.165) is 40.4 Å².